The normalized spacial score (nSPS) is 32.6. The fraction of sp³-hybridized carbons (Fsp3) is 0.833. The van der Waals surface area contributed by atoms with E-state index < -0.39 is 11.4 Å². The molecule has 2 rings (SSSR count). The molecular formula is C12H19NO3S. The van der Waals surface area contributed by atoms with Gasteiger partial charge < -0.3 is 10.0 Å². The lowest BCUT2D eigenvalue weighted by atomic mass is 9.89. The van der Waals surface area contributed by atoms with Crippen molar-refractivity contribution >= 4 is 23.6 Å². The molecule has 0 aromatic heterocycles. The van der Waals surface area contributed by atoms with E-state index in [4.69, 9.17) is 0 Å². The number of hydrogen-bond donors (Lipinski definition) is 1. The topological polar surface area (TPSA) is 57.6 Å². The Morgan fingerprint density at radius 2 is 1.94 bits per heavy atom. The summed E-state index contributed by atoms with van der Waals surface area (Å²) in [7, 11) is 0. The Labute approximate surface area is 106 Å². The van der Waals surface area contributed by atoms with Gasteiger partial charge in [0.15, 0.2) is 0 Å². The molecule has 0 bridgehead atoms. The summed E-state index contributed by atoms with van der Waals surface area (Å²) in [6.07, 6.45) is 0.516. The molecule has 2 atom stereocenters. The average molecular weight is 257 g/mol. The van der Waals surface area contributed by atoms with Gasteiger partial charge in [0.25, 0.3) is 0 Å². The van der Waals surface area contributed by atoms with Crippen LogP contribution in [-0.4, -0.2) is 46.5 Å². The fourth-order valence-corrected chi connectivity index (χ4v) is 3.62. The van der Waals surface area contributed by atoms with E-state index >= 15 is 0 Å². The molecule has 2 unspecified atom stereocenters. The molecule has 1 aliphatic carbocycles. The van der Waals surface area contributed by atoms with Crippen molar-refractivity contribution in [2.24, 2.45) is 17.3 Å². The highest BCUT2D eigenvalue weighted by atomic mass is 32.2. The van der Waals surface area contributed by atoms with E-state index in [1.807, 2.05) is 30.5 Å². The number of carboxylic acids is 1. The van der Waals surface area contributed by atoms with E-state index in [1.54, 1.807) is 0 Å². The fourth-order valence-electron chi connectivity index (χ4n) is 2.71. The third kappa shape index (κ3) is 2.05. The summed E-state index contributed by atoms with van der Waals surface area (Å²) in [5, 5.41) is 9.32. The summed E-state index contributed by atoms with van der Waals surface area (Å²) in [5.41, 5.74) is -0.790. The second-order valence-corrected chi connectivity index (χ2v) is 6.42. The van der Waals surface area contributed by atoms with E-state index in [2.05, 4.69) is 0 Å². The molecule has 0 radical (unpaired) electrons. The highest BCUT2D eigenvalue weighted by Gasteiger charge is 2.66. The van der Waals surface area contributed by atoms with Gasteiger partial charge in [0.2, 0.25) is 5.91 Å². The van der Waals surface area contributed by atoms with Crippen LogP contribution in [0.1, 0.15) is 20.3 Å². The van der Waals surface area contributed by atoms with Gasteiger partial charge in [-0.25, -0.2) is 0 Å². The van der Waals surface area contributed by atoms with Crippen molar-refractivity contribution in [2.45, 2.75) is 20.3 Å². The molecule has 1 amide bonds. The van der Waals surface area contributed by atoms with E-state index in [9.17, 15) is 14.7 Å². The summed E-state index contributed by atoms with van der Waals surface area (Å²) in [6, 6.07) is 0. The summed E-state index contributed by atoms with van der Waals surface area (Å²) in [6.45, 7) is 5.34. The number of amides is 1. The van der Waals surface area contributed by atoms with Gasteiger partial charge in [0.1, 0.15) is 0 Å². The van der Waals surface area contributed by atoms with Crippen LogP contribution in [0.4, 0.5) is 0 Å². The van der Waals surface area contributed by atoms with Crippen LogP contribution in [0.2, 0.25) is 0 Å². The van der Waals surface area contributed by atoms with Crippen molar-refractivity contribution in [1.82, 2.24) is 4.90 Å². The number of carbonyl (C=O) groups is 2. The van der Waals surface area contributed by atoms with Crippen LogP contribution in [0, 0.1) is 17.3 Å². The minimum Gasteiger partial charge on any atom is -0.481 e. The SMILES string of the molecule is CC(C)C1(C(=O)O)CC1C(=O)N1CCSCC1. The summed E-state index contributed by atoms with van der Waals surface area (Å²) >= 11 is 1.85. The van der Waals surface area contributed by atoms with Crippen LogP contribution in [0.25, 0.3) is 0 Å². The number of hydrogen-bond acceptors (Lipinski definition) is 3. The maximum atomic E-state index is 12.2. The molecule has 0 spiro atoms. The van der Waals surface area contributed by atoms with Crippen molar-refractivity contribution in [3.05, 3.63) is 0 Å². The lowest BCUT2D eigenvalue weighted by Crippen LogP contribution is -2.41. The Balaban J connectivity index is 2.05. The third-order valence-corrected chi connectivity index (χ3v) is 5.00. The lowest BCUT2D eigenvalue weighted by molar-refractivity contribution is -0.149. The first-order valence-corrected chi connectivity index (χ1v) is 7.25. The van der Waals surface area contributed by atoms with E-state index in [0.717, 1.165) is 24.6 Å². The Kier molecular flexibility index (Phi) is 3.39. The van der Waals surface area contributed by atoms with Gasteiger partial charge in [-0.1, -0.05) is 13.8 Å². The van der Waals surface area contributed by atoms with Gasteiger partial charge in [-0.3, -0.25) is 9.59 Å². The highest BCUT2D eigenvalue weighted by molar-refractivity contribution is 7.99. The standard InChI is InChI=1S/C12H19NO3S/c1-8(2)12(11(15)16)7-9(12)10(14)13-3-5-17-6-4-13/h8-9H,3-7H2,1-2H3,(H,15,16). The van der Waals surface area contributed by atoms with Gasteiger partial charge >= 0.3 is 5.97 Å². The predicted molar refractivity (Wildman–Crippen MR) is 66.9 cm³/mol. The summed E-state index contributed by atoms with van der Waals surface area (Å²) in [5.74, 6) is 0.926. The molecule has 0 aromatic carbocycles. The van der Waals surface area contributed by atoms with Crippen molar-refractivity contribution in [1.29, 1.82) is 0 Å². The Hall–Kier alpha value is -0.710. The first-order valence-electron chi connectivity index (χ1n) is 6.10. The van der Waals surface area contributed by atoms with Crippen molar-refractivity contribution in [2.75, 3.05) is 24.6 Å². The molecule has 0 aromatic rings. The first-order chi connectivity index (χ1) is 8.00. The van der Waals surface area contributed by atoms with Gasteiger partial charge in [-0.15, -0.1) is 0 Å². The minimum atomic E-state index is -0.808. The molecule has 1 N–H and O–H groups in total. The molecule has 4 nitrogen and oxygen atoms in total. The third-order valence-electron chi connectivity index (χ3n) is 4.05. The van der Waals surface area contributed by atoms with Crippen LogP contribution in [0.5, 0.6) is 0 Å². The zero-order valence-electron chi connectivity index (χ0n) is 10.3. The van der Waals surface area contributed by atoms with E-state index in [-0.39, 0.29) is 17.7 Å². The first kappa shape index (κ1) is 12.7. The molecule has 1 saturated heterocycles. The maximum absolute atomic E-state index is 12.2. The molecule has 96 valence electrons. The number of thioether (sulfide) groups is 1. The van der Waals surface area contributed by atoms with Crippen molar-refractivity contribution < 1.29 is 14.7 Å². The largest absolute Gasteiger partial charge is 0.481 e. The molecule has 5 heteroatoms. The molecule has 17 heavy (non-hydrogen) atoms. The monoisotopic (exact) mass is 257 g/mol. The van der Waals surface area contributed by atoms with Crippen LogP contribution < -0.4 is 0 Å². The summed E-state index contributed by atoms with van der Waals surface area (Å²) in [4.78, 5) is 25.4. The van der Waals surface area contributed by atoms with Crippen molar-refractivity contribution in [3.8, 4) is 0 Å². The molecule has 1 saturated carbocycles. The van der Waals surface area contributed by atoms with Crippen LogP contribution in [0.15, 0.2) is 0 Å². The van der Waals surface area contributed by atoms with Gasteiger partial charge in [-0.2, -0.15) is 11.8 Å². The molecule has 2 fully saturated rings. The Bertz CT molecular complexity index is 339. The quantitative estimate of drug-likeness (QED) is 0.828. The number of rotatable bonds is 3. The maximum Gasteiger partial charge on any atom is 0.310 e. The van der Waals surface area contributed by atoms with Gasteiger partial charge in [-0.05, 0) is 12.3 Å². The van der Waals surface area contributed by atoms with Crippen molar-refractivity contribution in [3.63, 3.8) is 0 Å². The second-order valence-electron chi connectivity index (χ2n) is 5.19. The van der Waals surface area contributed by atoms with Gasteiger partial charge in [0, 0.05) is 24.6 Å². The summed E-state index contributed by atoms with van der Waals surface area (Å²) < 4.78 is 0. The zero-order valence-corrected chi connectivity index (χ0v) is 11.1. The number of aliphatic carboxylic acids is 1. The molecule has 1 aliphatic heterocycles. The molecule has 2 aliphatic rings. The number of nitrogens with zero attached hydrogens (tertiary/aromatic N) is 1. The molecular weight excluding hydrogens is 238 g/mol. The van der Waals surface area contributed by atoms with Gasteiger partial charge in [0.05, 0.1) is 11.3 Å². The van der Waals surface area contributed by atoms with E-state index in [1.165, 1.54) is 0 Å². The minimum absolute atomic E-state index is 0.0214. The predicted octanol–water partition coefficient (Wildman–Crippen LogP) is 1.31. The van der Waals surface area contributed by atoms with Crippen LogP contribution in [-0.2, 0) is 9.59 Å². The highest BCUT2D eigenvalue weighted by Crippen LogP contribution is 2.58. The smallest absolute Gasteiger partial charge is 0.310 e. The zero-order chi connectivity index (χ0) is 12.6. The Morgan fingerprint density at radius 3 is 2.35 bits per heavy atom. The average Bonchev–Trinajstić information content (AvgIpc) is 3.06. The number of carboxylic acid groups (broad SMARTS) is 1. The Morgan fingerprint density at radius 1 is 1.35 bits per heavy atom. The number of carbonyl (C=O) groups excluding carboxylic acids is 1. The second kappa shape index (κ2) is 4.52. The van der Waals surface area contributed by atoms with Crippen LogP contribution >= 0.6 is 11.8 Å². The van der Waals surface area contributed by atoms with E-state index in [0.29, 0.717) is 6.42 Å². The molecule has 1 heterocycles. The lowest BCUT2D eigenvalue weighted by Gasteiger charge is -2.27. The van der Waals surface area contributed by atoms with Crippen LogP contribution in [0.3, 0.4) is 0 Å².